The highest BCUT2D eigenvalue weighted by Gasteiger charge is 2.15. The van der Waals surface area contributed by atoms with Gasteiger partial charge in [-0.2, -0.15) is 0 Å². The Morgan fingerprint density at radius 3 is 2.07 bits per heavy atom. The van der Waals surface area contributed by atoms with Gasteiger partial charge in [-0.15, -0.1) is 0 Å². The van der Waals surface area contributed by atoms with Crippen LogP contribution in [0.3, 0.4) is 0 Å². The summed E-state index contributed by atoms with van der Waals surface area (Å²) in [6.07, 6.45) is 3.59. The molecule has 0 radical (unpaired) electrons. The molecule has 1 heterocycles. The van der Waals surface area contributed by atoms with Gasteiger partial charge in [0.1, 0.15) is 5.82 Å². The lowest BCUT2D eigenvalue weighted by Crippen LogP contribution is -2.30. The Morgan fingerprint density at radius 2 is 1.47 bits per heavy atom. The third-order valence-corrected chi connectivity index (χ3v) is 5.80. The fourth-order valence-electron chi connectivity index (χ4n) is 3.74. The number of ketones is 1. The van der Waals surface area contributed by atoms with E-state index in [2.05, 4.69) is 11.0 Å². The van der Waals surface area contributed by atoms with Gasteiger partial charge in [0.15, 0.2) is 5.78 Å². The van der Waals surface area contributed by atoms with Crippen molar-refractivity contribution < 1.29 is 9.18 Å². The van der Waals surface area contributed by atoms with Gasteiger partial charge >= 0.3 is 0 Å². The zero-order valence-corrected chi connectivity index (χ0v) is 17.4. The van der Waals surface area contributed by atoms with E-state index in [1.54, 1.807) is 0 Å². The lowest BCUT2D eigenvalue weighted by Gasteiger charge is -2.26. The molecule has 0 N–H and O–H groups in total. The molecule has 0 spiro atoms. The minimum atomic E-state index is -0.212. The summed E-state index contributed by atoms with van der Waals surface area (Å²) in [6, 6.07) is 22.1. The third-order valence-electron chi connectivity index (χ3n) is 5.55. The average molecular weight is 420 g/mol. The Labute approximate surface area is 181 Å². The molecule has 0 aliphatic carbocycles. The number of hydrogen-bond donors (Lipinski definition) is 0. The zero-order chi connectivity index (χ0) is 20.9. The van der Waals surface area contributed by atoms with Crippen LogP contribution in [0.4, 0.5) is 4.39 Å². The standard InChI is InChI=1S/C26H23ClFNO/c27-24-9-5-20(6-10-24)19-1-3-23(4-2-19)26(30)15-18-29-16-13-22(14-17-29)21-7-11-25(28)12-8-21/h1-13H,14-18H2. The largest absolute Gasteiger partial charge is 0.299 e. The quantitative estimate of drug-likeness (QED) is 0.424. The van der Waals surface area contributed by atoms with Crippen molar-refractivity contribution in [3.05, 3.63) is 101 Å². The maximum atomic E-state index is 13.1. The van der Waals surface area contributed by atoms with Crippen molar-refractivity contribution in [2.75, 3.05) is 19.6 Å². The van der Waals surface area contributed by atoms with E-state index in [-0.39, 0.29) is 11.6 Å². The Morgan fingerprint density at radius 1 is 0.867 bits per heavy atom. The fraction of sp³-hybridized carbons (Fsp3) is 0.192. The minimum absolute atomic E-state index is 0.158. The van der Waals surface area contributed by atoms with Gasteiger partial charge in [-0.25, -0.2) is 4.39 Å². The van der Waals surface area contributed by atoms with E-state index >= 15 is 0 Å². The maximum Gasteiger partial charge on any atom is 0.164 e. The van der Waals surface area contributed by atoms with Crippen LogP contribution in [-0.2, 0) is 0 Å². The van der Waals surface area contributed by atoms with E-state index in [4.69, 9.17) is 11.6 Å². The minimum Gasteiger partial charge on any atom is -0.299 e. The highest BCUT2D eigenvalue weighted by molar-refractivity contribution is 6.30. The normalized spacial score (nSPS) is 14.4. The number of carbonyl (C=O) groups is 1. The molecule has 0 atom stereocenters. The number of carbonyl (C=O) groups excluding carboxylic acids is 1. The van der Waals surface area contributed by atoms with Crippen LogP contribution < -0.4 is 0 Å². The molecule has 0 amide bonds. The summed E-state index contributed by atoms with van der Waals surface area (Å²) in [5.41, 5.74) is 5.21. The first-order chi connectivity index (χ1) is 14.6. The van der Waals surface area contributed by atoms with Gasteiger partial charge in [0.2, 0.25) is 0 Å². The van der Waals surface area contributed by atoms with Gasteiger partial charge in [-0.1, -0.05) is 66.2 Å². The molecule has 0 bridgehead atoms. The van der Waals surface area contributed by atoms with Crippen LogP contribution >= 0.6 is 11.6 Å². The van der Waals surface area contributed by atoms with Crippen LogP contribution in [0, 0.1) is 5.82 Å². The predicted molar refractivity (Wildman–Crippen MR) is 121 cm³/mol. The summed E-state index contributed by atoms with van der Waals surface area (Å²) in [5, 5.41) is 0.711. The number of nitrogens with zero attached hydrogens (tertiary/aromatic N) is 1. The predicted octanol–water partition coefficient (Wildman–Crippen LogP) is 6.51. The van der Waals surface area contributed by atoms with Crippen LogP contribution in [0.1, 0.15) is 28.8 Å². The van der Waals surface area contributed by atoms with Crippen molar-refractivity contribution in [2.45, 2.75) is 12.8 Å². The smallest absolute Gasteiger partial charge is 0.164 e. The van der Waals surface area contributed by atoms with E-state index in [0.717, 1.165) is 48.3 Å². The summed E-state index contributed by atoms with van der Waals surface area (Å²) >= 11 is 5.94. The van der Waals surface area contributed by atoms with Gasteiger partial charge < -0.3 is 0 Å². The first-order valence-electron chi connectivity index (χ1n) is 10.1. The second-order valence-electron chi connectivity index (χ2n) is 7.54. The molecule has 1 aliphatic heterocycles. The van der Waals surface area contributed by atoms with Crippen molar-refractivity contribution in [1.82, 2.24) is 4.90 Å². The van der Waals surface area contributed by atoms with E-state index in [1.807, 2.05) is 60.7 Å². The summed E-state index contributed by atoms with van der Waals surface area (Å²) in [4.78, 5) is 14.9. The molecule has 3 aromatic carbocycles. The molecular weight excluding hydrogens is 397 g/mol. The topological polar surface area (TPSA) is 20.3 Å². The van der Waals surface area contributed by atoms with E-state index in [1.165, 1.54) is 17.7 Å². The summed E-state index contributed by atoms with van der Waals surface area (Å²) in [6.45, 7) is 2.46. The number of Topliss-reactive ketones (excluding diaryl/α,β-unsaturated/α-hetero) is 1. The lowest BCUT2D eigenvalue weighted by molar-refractivity contribution is 0.0966. The third kappa shape index (κ3) is 5.05. The highest BCUT2D eigenvalue weighted by atomic mass is 35.5. The Balaban J connectivity index is 1.30. The Hall–Kier alpha value is -2.75. The molecule has 0 unspecified atom stereocenters. The number of halogens is 2. The van der Waals surface area contributed by atoms with E-state index < -0.39 is 0 Å². The van der Waals surface area contributed by atoms with Crippen LogP contribution in [-0.4, -0.2) is 30.3 Å². The number of hydrogen-bond acceptors (Lipinski definition) is 2. The molecular formula is C26H23ClFNO. The number of benzene rings is 3. The van der Waals surface area contributed by atoms with Gasteiger partial charge in [0.25, 0.3) is 0 Å². The molecule has 0 aromatic heterocycles. The van der Waals surface area contributed by atoms with Gasteiger partial charge in [0.05, 0.1) is 0 Å². The van der Waals surface area contributed by atoms with Crippen LogP contribution in [0.5, 0.6) is 0 Å². The maximum absolute atomic E-state index is 13.1. The highest BCUT2D eigenvalue weighted by Crippen LogP contribution is 2.24. The second kappa shape index (κ2) is 9.38. The summed E-state index contributed by atoms with van der Waals surface area (Å²) in [7, 11) is 0. The average Bonchev–Trinajstić information content (AvgIpc) is 2.79. The molecule has 4 rings (SSSR count). The molecule has 30 heavy (non-hydrogen) atoms. The fourth-order valence-corrected chi connectivity index (χ4v) is 3.86. The zero-order valence-electron chi connectivity index (χ0n) is 16.7. The second-order valence-corrected chi connectivity index (χ2v) is 7.98. The monoisotopic (exact) mass is 419 g/mol. The Kier molecular flexibility index (Phi) is 6.41. The number of rotatable bonds is 6. The Bertz CT molecular complexity index is 1040. The van der Waals surface area contributed by atoms with Crippen LogP contribution in [0.25, 0.3) is 16.7 Å². The van der Waals surface area contributed by atoms with Gasteiger partial charge in [-0.3, -0.25) is 9.69 Å². The first-order valence-corrected chi connectivity index (χ1v) is 10.5. The van der Waals surface area contributed by atoms with E-state index in [0.29, 0.717) is 11.4 Å². The van der Waals surface area contributed by atoms with Crippen molar-refractivity contribution in [2.24, 2.45) is 0 Å². The molecule has 1 aliphatic rings. The first kappa shape index (κ1) is 20.5. The van der Waals surface area contributed by atoms with Crippen molar-refractivity contribution >= 4 is 23.0 Å². The van der Waals surface area contributed by atoms with Crippen LogP contribution in [0.15, 0.2) is 78.9 Å². The molecule has 0 fully saturated rings. The molecule has 0 saturated heterocycles. The van der Waals surface area contributed by atoms with Crippen molar-refractivity contribution in [1.29, 1.82) is 0 Å². The van der Waals surface area contributed by atoms with E-state index in [9.17, 15) is 9.18 Å². The summed E-state index contributed by atoms with van der Waals surface area (Å²) < 4.78 is 13.1. The van der Waals surface area contributed by atoms with Gasteiger partial charge in [0, 0.05) is 36.6 Å². The summed E-state index contributed by atoms with van der Waals surface area (Å²) in [5.74, 6) is -0.0533. The lowest BCUT2D eigenvalue weighted by atomic mass is 9.99. The van der Waals surface area contributed by atoms with Gasteiger partial charge in [-0.05, 0) is 52.9 Å². The van der Waals surface area contributed by atoms with Crippen LogP contribution in [0.2, 0.25) is 5.02 Å². The van der Waals surface area contributed by atoms with Crippen molar-refractivity contribution in [3.63, 3.8) is 0 Å². The molecule has 4 heteroatoms. The molecule has 152 valence electrons. The van der Waals surface area contributed by atoms with Crippen molar-refractivity contribution in [3.8, 4) is 11.1 Å². The molecule has 2 nitrogen and oxygen atoms in total. The molecule has 0 saturated carbocycles. The SMILES string of the molecule is O=C(CCN1CC=C(c2ccc(F)cc2)CC1)c1ccc(-c2ccc(Cl)cc2)cc1. The molecule has 3 aromatic rings.